The Kier molecular flexibility index (Phi) is 4.96. The second-order valence-corrected chi connectivity index (χ2v) is 9.12. The van der Waals surface area contributed by atoms with Gasteiger partial charge in [0, 0.05) is 19.7 Å². The summed E-state index contributed by atoms with van der Waals surface area (Å²) in [5, 5.41) is 3.39. The molecule has 1 aromatic rings. The van der Waals surface area contributed by atoms with Gasteiger partial charge in [-0.15, -0.1) is 0 Å². The lowest BCUT2D eigenvalue weighted by Crippen LogP contribution is -2.50. The highest BCUT2D eigenvalue weighted by Crippen LogP contribution is 2.33. The monoisotopic (exact) mass is 394 g/mol. The quantitative estimate of drug-likeness (QED) is 0.734. The third kappa shape index (κ3) is 3.42. The molecular formula is C17H22N4O5S. The maximum absolute atomic E-state index is 12.7. The molecule has 1 aliphatic carbocycles. The van der Waals surface area contributed by atoms with Gasteiger partial charge >= 0.3 is 6.03 Å². The van der Waals surface area contributed by atoms with E-state index in [0.717, 1.165) is 23.6 Å². The van der Waals surface area contributed by atoms with Crippen molar-refractivity contribution in [2.75, 3.05) is 14.1 Å². The smallest absolute Gasteiger partial charge is 0.322 e. The molecule has 3 rings (SSSR count). The number of hydrazine groups is 1. The Labute approximate surface area is 157 Å². The van der Waals surface area contributed by atoms with Crippen molar-refractivity contribution in [3.8, 4) is 0 Å². The summed E-state index contributed by atoms with van der Waals surface area (Å²) in [6.45, 7) is 0. The highest BCUT2D eigenvalue weighted by molar-refractivity contribution is 7.89. The van der Waals surface area contributed by atoms with Crippen LogP contribution in [0.4, 0.5) is 4.79 Å². The number of sulfonamides is 1. The third-order valence-corrected chi connectivity index (χ3v) is 6.77. The highest BCUT2D eigenvalue weighted by Gasteiger charge is 2.52. The molecule has 2 aliphatic rings. The van der Waals surface area contributed by atoms with Crippen LogP contribution in [0.5, 0.6) is 0 Å². The first kappa shape index (κ1) is 19.3. The Bertz CT molecular complexity index is 890. The highest BCUT2D eigenvalue weighted by atomic mass is 32.2. The molecule has 10 heteroatoms. The molecule has 1 aromatic carbocycles. The number of amides is 4. The summed E-state index contributed by atoms with van der Waals surface area (Å²) >= 11 is 0. The van der Waals surface area contributed by atoms with Crippen LogP contribution in [0.25, 0.3) is 0 Å². The molecule has 1 spiro atoms. The first-order valence-corrected chi connectivity index (χ1v) is 10.1. The SMILES string of the molecule is CN(C)S(=O)(=O)c1cccc(C(=O)NN2C(=O)NC3(CCCCC3)C2=O)c1. The molecule has 0 unspecified atom stereocenters. The average molecular weight is 394 g/mol. The molecule has 146 valence electrons. The molecule has 9 nitrogen and oxygen atoms in total. The fraction of sp³-hybridized carbons (Fsp3) is 0.471. The number of urea groups is 1. The number of nitrogens with zero attached hydrogens (tertiary/aromatic N) is 2. The lowest BCUT2D eigenvalue weighted by atomic mass is 9.82. The predicted molar refractivity (Wildman–Crippen MR) is 96.0 cm³/mol. The summed E-state index contributed by atoms with van der Waals surface area (Å²) in [6, 6.07) is 4.75. The summed E-state index contributed by atoms with van der Waals surface area (Å²) in [5.41, 5.74) is 1.38. The van der Waals surface area contributed by atoms with E-state index in [2.05, 4.69) is 10.7 Å². The van der Waals surface area contributed by atoms with Crippen LogP contribution in [0.2, 0.25) is 0 Å². The van der Waals surface area contributed by atoms with Gasteiger partial charge in [-0.05, 0) is 31.0 Å². The molecular weight excluding hydrogens is 372 g/mol. The number of hydrogen-bond donors (Lipinski definition) is 2. The van der Waals surface area contributed by atoms with E-state index >= 15 is 0 Å². The molecule has 0 atom stereocenters. The Balaban J connectivity index is 1.80. The van der Waals surface area contributed by atoms with E-state index in [1.807, 2.05) is 0 Å². The zero-order chi connectivity index (χ0) is 19.8. The lowest BCUT2D eigenvalue weighted by Gasteiger charge is -2.30. The van der Waals surface area contributed by atoms with Gasteiger partial charge in [0.1, 0.15) is 5.54 Å². The van der Waals surface area contributed by atoms with Gasteiger partial charge in [-0.25, -0.2) is 17.5 Å². The molecule has 0 radical (unpaired) electrons. The maximum atomic E-state index is 12.7. The fourth-order valence-electron chi connectivity index (χ4n) is 3.39. The van der Waals surface area contributed by atoms with Crippen molar-refractivity contribution in [2.24, 2.45) is 0 Å². The normalized spacial score (nSPS) is 19.4. The van der Waals surface area contributed by atoms with Crippen molar-refractivity contribution >= 4 is 27.9 Å². The van der Waals surface area contributed by atoms with Crippen LogP contribution in [0.3, 0.4) is 0 Å². The second-order valence-electron chi connectivity index (χ2n) is 6.97. The van der Waals surface area contributed by atoms with Gasteiger partial charge in [-0.1, -0.05) is 25.3 Å². The van der Waals surface area contributed by atoms with E-state index in [4.69, 9.17) is 0 Å². The van der Waals surface area contributed by atoms with Crippen molar-refractivity contribution in [3.63, 3.8) is 0 Å². The molecule has 4 amide bonds. The van der Waals surface area contributed by atoms with Crippen LogP contribution < -0.4 is 10.7 Å². The Morgan fingerprint density at radius 3 is 2.48 bits per heavy atom. The number of rotatable bonds is 4. The maximum Gasteiger partial charge on any atom is 0.344 e. The van der Waals surface area contributed by atoms with Gasteiger partial charge < -0.3 is 5.32 Å². The van der Waals surface area contributed by atoms with Crippen LogP contribution >= 0.6 is 0 Å². The van der Waals surface area contributed by atoms with Crippen molar-refractivity contribution in [2.45, 2.75) is 42.5 Å². The predicted octanol–water partition coefficient (Wildman–Crippen LogP) is 0.836. The molecule has 1 saturated heterocycles. The summed E-state index contributed by atoms with van der Waals surface area (Å²) < 4.78 is 25.5. The Morgan fingerprint density at radius 2 is 1.85 bits per heavy atom. The number of hydrogen-bond acceptors (Lipinski definition) is 5. The van der Waals surface area contributed by atoms with Crippen molar-refractivity contribution in [1.29, 1.82) is 0 Å². The van der Waals surface area contributed by atoms with Crippen molar-refractivity contribution < 1.29 is 22.8 Å². The molecule has 2 fully saturated rings. The van der Waals surface area contributed by atoms with Crippen LogP contribution in [0.1, 0.15) is 42.5 Å². The zero-order valence-electron chi connectivity index (χ0n) is 15.2. The number of carbonyl (C=O) groups excluding carboxylic acids is 3. The molecule has 1 aliphatic heterocycles. The minimum Gasteiger partial charge on any atom is -0.322 e. The molecule has 1 saturated carbocycles. The summed E-state index contributed by atoms with van der Waals surface area (Å²) in [5.74, 6) is -1.21. The van der Waals surface area contributed by atoms with Gasteiger partial charge in [0.05, 0.1) is 4.90 Å². The van der Waals surface area contributed by atoms with E-state index in [-0.39, 0.29) is 10.5 Å². The Hall–Kier alpha value is -2.46. The number of benzene rings is 1. The fourth-order valence-corrected chi connectivity index (χ4v) is 4.34. The number of imide groups is 1. The topological polar surface area (TPSA) is 116 Å². The molecule has 27 heavy (non-hydrogen) atoms. The average Bonchev–Trinajstić information content (AvgIpc) is 2.86. The van der Waals surface area contributed by atoms with Gasteiger partial charge in [-0.3, -0.25) is 15.0 Å². The summed E-state index contributed by atoms with van der Waals surface area (Å²) in [6.07, 6.45) is 3.75. The van der Waals surface area contributed by atoms with Crippen LogP contribution in [-0.2, 0) is 14.8 Å². The largest absolute Gasteiger partial charge is 0.344 e. The molecule has 0 aromatic heterocycles. The first-order valence-electron chi connectivity index (χ1n) is 8.68. The standard InChI is InChI=1S/C17H22N4O5S/c1-20(2)27(25,26)13-8-6-7-12(11-13)14(22)19-21-15(23)17(18-16(21)24)9-4-3-5-10-17/h6-8,11H,3-5,9-10H2,1-2H3,(H,18,24)(H,19,22). The Morgan fingerprint density at radius 1 is 1.19 bits per heavy atom. The van der Waals surface area contributed by atoms with Gasteiger partial charge in [0.15, 0.2) is 0 Å². The minimum atomic E-state index is -3.71. The minimum absolute atomic E-state index is 0.0307. The van der Waals surface area contributed by atoms with E-state index in [1.165, 1.54) is 38.4 Å². The van der Waals surface area contributed by atoms with Crippen molar-refractivity contribution in [1.82, 2.24) is 20.1 Å². The molecule has 0 bridgehead atoms. The molecule has 1 heterocycles. The van der Waals surface area contributed by atoms with Gasteiger partial charge in [0.2, 0.25) is 10.0 Å². The summed E-state index contributed by atoms with van der Waals surface area (Å²) in [4.78, 5) is 37.4. The van der Waals surface area contributed by atoms with Crippen molar-refractivity contribution in [3.05, 3.63) is 29.8 Å². The van der Waals surface area contributed by atoms with E-state index in [9.17, 15) is 22.8 Å². The van der Waals surface area contributed by atoms with Gasteiger partial charge in [0.25, 0.3) is 11.8 Å². The van der Waals surface area contributed by atoms with E-state index in [0.29, 0.717) is 17.9 Å². The van der Waals surface area contributed by atoms with Gasteiger partial charge in [-0.2, -0.15) is 5.01 Å². The summed E-state index contributed by atoms with van der Waals surface area (Å²) in [7, 11) is -0.935. The van der Waals surface area contributed by atoms with Crippen LogP contribution in [0.15, 0.2) is 29.2 Å². The lowest BCUT2D eigenvalue weighted by molar-refractivity contribution is -0.134. The van der Waals surface area contributed by atoms with E-state index < -0.39 is 33.4 Å². The van der Waals surface area contributed by atoms with Crippen LogP contribution in [-0.4, -0.2) is 55.2 Å². The first-order chi connectivity index (χ1) is 12.7. The van der Waals surface area contributed by atoms with E-state index in [1.54, 1.807) is 0 Å². The number of nitrogens with one attached hydrogen (secondary N) is 2. The zero-order valence-corrected chi connectivity index (χ0v) is 16.0. The molecule has 2 N–H and O–H groups in total. The number of carbonyl (C=O) groups is 3. The third-order valence-electron chi connectivity index (χ3n) is 4.96. The second kappa shape index (κ2) is 6.93. The van der Waals surface area contributed by atoms with Crippen LogP contribution in [0, 0.1) is 0 Å².